The van der Waals surface area contributed by atoms with E-state index in [1.54, 1.807) is 12.1 Å². The molecule has 3 N–H and O–H groups in total. The summed E-state index contributed by atoms with van der Waals surface area (Å²) >= 11 is 0. The van der Waals surface area contributed by atoms with Crippen molar-refractivity contribution in [3.63, 3.8) is 0 Å². The predicted molar refractivity (Wildman–Crippen MR) is 79.6 cm³/mol. The molecule has 0 aliphatic heterocycles. The summed E-state index contributed by atoms with van der Waals surface area (Å²) in [5.74, 6) is -0.544. The first kappa shape index (κ1) is 18.7. The van der Waals surface area contributed by atoms with E-state index in [4.69, 9.17) is 10.5 Å². The van der Waals surface area contributed by atoms with Gasteiger partial charge in [0.2, 0.25) is 0 Å². The molecule has 20 heavy (non-hydrogen) atoms. The van der Waals surface area contributed by atoms with Crippen LogP contribution in [0.5, 0.6) is 5.75 Å². The van der Waals surface area contributed by atoms with E-state index in [2.05, 4.69) is 5.32 Å². The highest BCUT2D eigenvalue weighted by atomic mass is 35.5. The van der Waals surface area contributed by atoms with Gasteiger partial charge in [0.15, 0.2) is 18.2 Å². The highest BCUT2D eigenvalue weighted by Crippen LogP contribution is 2.16. The summed E-state index contributed by atoms with van der Waals surface area (Å²) in [7, 11) is 0. The molecule has 6 heteroatoms. The predicted octanol–water partition coefficient (Wildman–Crippen LogP) is 2.12. The van der Waals surface area contributed by atoms with Crippen LogP contribution in [0, 0.1) is 11.7 Å². The van der Waals surface area contributed by atoms with Gasteiger partial charge in [-0.1, -0.05) is 26.0 Å². The van der Waals surface area contributed by atoms with E-state index in [0.29, 0.717) is 6.54 Å². The second-order valence-corrected chi connectivity index (χ2v) is 5.04. The Morgan fingerprint density at radius 3 is 2.55 bits per heavy atom. The molecule has 1 aromatic rings. The summed E-state index contributed by atoms with van der Waals surface area (Å²) in [6.45, 7) is 5.92. The number of hydrogen-bond acceptors (Lipinski definition) is 3. The molecule has 0 saturated carbocycles. The number of carbonyl (C=O) groups excluding carboxylic acids is 1. The van der Waals surface area contributed by atoms with Crippen molar-refractivity contribution in [3.8, 4) is 5.75 Å². The van der Waals surface area contributed by atoms with Crippen LogP contribution in [0.2, 0.25) is 0 Å². The third kappa shape index (κ3) is 4.98. The molecule has 1 aromatic carbocycles. The van der Waals surface area contributed by atoms with Gasteiger partial charge in [0.1, 0.15) is 0 Å². The Hall–Kier alpha value is -1.33. The molecule has 1 amide bonds. The number of benzene rings is 1. The average Bonchev–Trinajstić information content (AvgIpc) is 2.37. The molecule has 0 radical (unpaired) electrons. The Labute approximate surface area is 125 Å². The number of halogens is 2. The highest BCUT2D eigenvalue weighted by molar-refractivity contribution is 5.85. The summed E-state index contributed by atoms with van der Waals surface area (Å²) in [5, 5.41) is 2.82. The third-order valence-electron chi connectivity index (χ3n) is 3.32. The van der Waals surface area contributed by atoms with Crippen LogP contribution in [0.1, 0.15) is 20.8 Å². The lowest BCUT2D eigenvalue weighted by Crippen LogP contribution is -2.56. The number of rotatable bonds is 6. The van der Waals surface area contributed by atoms with Gasteiger partial charge in [-0.2, -0.15) is 0 Å². The van der Waals surface area contributed by atoms with E-state index in [9.17, 15) is 9.18 Å². The molecule has 1 unspecified atom stereocenters. The largest absolute Gasteiger partial charge is 0.481 e. The van der Waals surface area contributed by atoms with E-state index in [1.807, 2.05) is 20.8 Å². The molecule has 114 valence electrons. The molecule has 0 spiro atoms. The smallest absolute Gasteiger partial charge is 0.258 e. The number of amides is 1. The maximum Gasteiger partial charge on any atom is 0.258 e. The van der Waals surface area contributed by atoms with Gasteiger partial charge in [-0.05, 0) is 25.0 Å². The van der Waals surface area contributed by atoms with Crippen LogP contribution < -0.4 is 15.8 Å². The second kappa shape index (κ2) is 8.07. The summed E-state index contributed by atoms with van der Waals surface area (Å²) in [5.41, 5.74) is 5.18. The van der Waals surface area contributed by atoms with Crippen molar-refractivity contribution < 1.29 is 13.9 Å². The monoisotopic (exact) mass is 304 g/mol. The summed E-state index contributed by atoms with van der Waals surface area (Å²) in [4.78, 5) is 11.8. The SMILES string of the molecule is CC(C)C(C)(CN)NC(=O)COc1ccccc1F.Cl. The zero-order chi connectivity index (χ0) is 14.5. The average molecular weight is 305 g/mol. The number of nitrogens with one attached hydrogen (secondary N) is 1. The first-order valence-corrected chi connectivity index (χ1v) is 6.27. The number of ether oxygens (including phenoxy) is 1. The number of para-hydroxylation sites is 1. The molecule has 1 atom stereocenters. The quantitative estimate of drug-likeness (QED) is 0.846. The standard InChI is InChI=1S/C14H21FN2O2.ClH/c1-10(2)14(3,9-16)17-13(18)8-19-12-7-5-4-6-11(12)15;/h4-7,10H,8-9,16H2,1-3H3,(H,17,18);1H. The number of nitrogens with two attached hydrogens (primary N) is 1. The number of carbonyl (C=O) groups is 1. The summed E-state index contributed by atoms with van der Waals surface area (Å²) < 4.78 is 18.4. The van der Waals surface area contributed by atoms with Gasteiger partial charge in [-0.3, -0.25) is 4.79 Å². The molecule has 0 saturated heterocycles. The molecule has 0 bridgehead atoms. The third-order valence-corrected chi connectivity index (χ3v) is 3.32. The van der Waals surface area contributed by atoms with Crippen LogP contribution in [-0.4, -0.2) is 24.6 Å². The van der Waals surface area contributed by atoms with Crippen LogP contribution in [0.3, 0.4) is 0 Å². The fourth-order valence-corrected chi connectivity index (χ4v) is 1.49. The lowest BCUT2D eigenvalue weighted by atomic mass is 9.88. The Kier molecular flexibility index (Phi) is 7.53. The van der Waals surface area contributed by atoms with Gasteiger partial charge in [0.05, 0.1) is 5.54 Å². The maximum absolute atomic E-state index is 13.3. The van der Waals surface area contributed by atoms with E-state index in [-0.39, 0.29) is 36.6 Å². The van der Waals surface area contributed by atoms with Crippen LogP contribution in [0.15, 0.2) is 24.3 Å². The summed E-state index contributed by atoms with van der Waals surface area (Å²) in [6, 6.07) is 5.97. The van der Waals surface area contributed by atoms with Gasteiger partial charge < -0.3 is 15.8 Å². The Bertz CT molecular complexity index is 443. The fourth-order valence-electron chi connectivity index (χ4n) is 1.49. The van der Waals surface area contributed by atoms with Crippen molar-refractivity contribution in [2.45, 2.75) is 26.3 Å². The molecule has 1 rings (SSSR count). The molecule has 0 aliphatic rings. The van der Waals surface area contributed by atoms with Gasteiger partial charge >= 0.3 is 0 Å². The second-order valence-electron chi connectivity index (χ2n) is 5.04. The zero-order valence-electron chi connectivity index (χ0n) is 12.0. The zero-order valence-corrected chi connectivity index (χ0v) is 12.8. The van der Waals surface area contributed by atoms with Crippen molar-refractivity contribution in [2.24, 2.45) is 11.7 Å². The van der Waals surface area contributed by atoms with Crippen molar-refractivity contribution in [1.82, 2.24) is 5.32 Å². The van der Waals surface area contributed by atoms with Crippen molar-refractivity contribution in [1.29, 1.82) is 0 Å². The van der Waals surface area contributed by atoms with Crippen molar-refractivity contribution in [2.75, 3.05) is 13.2 Å². The Morgan fingerprint density at radius 2 is 2.05 bits per heavy atom. The Morgan fingerprint density at radius 1 is 1.45 bits per heavy atom. The lowest BCUT2D eigenvalue weighted by molar-refractivity contribution is -0.125. The normalized spacial score (nSPS) is 13.3. The van der Waals surface area contributed by atoms with Crippen LogP contribution in [0.25, 0.3) is 0 Å². The van der Waals surface area contributed by atoms with Crippen LogP contribution >= 0.6 is 12.4 Å². The number of hydrogen-bond donors (Lipinski definition) is 2. The topological polar surface area (TPSA) is 64.3 Å². The molecule has 0 heterocycles. The van der Waals surface area contributed by atoms with E-state index < -0.39 is 11.4 Å². The van der Waals surface area contributed by atoms with E-state index in [1.165, 1.54) is 12.1 Å². The lowest BCUT2D eigenvalue weighted by Gasteiger charge is -2.33. The van der Waals surface area contributed by atoms with Crippen LogP contribution in [-0.2, 0) is 4.79 Å². The maximum atomic E-state index is 13.3. The van der Waals surface area contributed by atoms with Gasteiger partial charge in [0.25, 0.3) is 5.91 Å². The molecule has 0 aliphatic carbocycles. The van der Waals surface area contributed by atoms with Gasteiger partial charge in [0, 0.05) is 6.54 Å². The fraction of sp³-hybridized carbons (Fsp3) is 0.500. The minimum Gasteiger partial charge on any atom is -0.481 e. The van der Waals surface area contributed by atoms with Gasteiger partial charge in [-0.25, -0.2) is 4.39 Å². The molecular weight excluding hydrogens is 283 g/mol. The van der Waals surface area contributed by atoms with Crippen molar-refractivity contribution in [3.05, 3.63) is 30.1 Å². The molecule has 0 fully saturated rings. The van der Waals surface area contributed by atoms with E-state index in [0.717, 1.165) is 0 Å². The van der Waals surface area contributed by atoms with Gasteiger partial charge in [-0.15, -0.1) is 12.4 Å². The minimum absolute atomic E-state index is 0. The molecule has 4 nitrogen and oxygen atoms in total. The molecule has 0 aromatic heterocycles. The van der Waals surface area contributed by atoms with E-state index >= 15 is 0 Å². The first-order chi connectivity index (χ1) is 8.89. The van der Waals surface area contributed by atoms with Crippen molar-refractivity contribution >= 4 is 18.3 Å². The van der Waals surface area contributed by atoms with Crippen LogP contribution in [0.4, 0.5) is 4.39 Å². The minimum atomic E-state index is -0.490. The first-order valence-electron chi connectivity index (χ1n) is 6.27. The summed E-state index contributed by atoms with van der Waals surface area (Å²) in [6.07, 6.45) is 0. The highest BCUT2D eigenvalue weighted by Gasteiger charge is 2.28. The Balaban J connectivity index is 0.00000361. The molecular formula is C14H22ClFN2O2.